The third kappa shape index (κ3) is 5.95. The van der Waals surface area contributed by atoms with E-state index in [1.54, 1.807) is 24.3 Å². The molecule has 0 radical (unpaired) electrons. The predicted molar refractivity (Wildman–Crippen MR) is 162 cm³/mol. The summed E-state index contributed by atoms with van der Waals surface area (Å²) in [4.78, 5) is 66.6. The second kappa shape index (κ2) is 11.9. The molecule has 3 aliphatic rings. The number of nitro groups is 1. The quantitative estimate of drug-likeness (QED) is 0.117. The van der Waals surface area contributed by atoms with Gasteiger partial charge in [0, 0.05) is 42.9 Å². The van der Waals surface area contributed by atoms with Crippen LogP contribution < -0.4 is 16.0 Å². The lowest BCUT2D eigenvalue weighted by Crippen LogP contribution is -2.36. The van der Waals surface area contributed by atoms with Gasteiger partial charge in [-0.05, 0) is 60.2 Å². The standard InChI is InChI=1S/C32H28N6O6/c39-27-3-1-2-15-37(27)16-14-19-4-8-21(9-5-19)29(28-24-18-23(38(43)44)12-13-25(24)34-31(28)41)33-22-10-6-20(7-11-22)17-26-30(40)36-32(42)35-26/h4-13,17-18,28H,1-3,14-16H2,(H,34,41)(H2,35,36,40,42). The topological polar surface area (TPSA) is 163 Å². The molecule has 2 fully saturated rings. The molecule has 0 aromatic heterocycles. The molecule has 1 atom stereocenters. The number of non-ortho nitro benzene ring substituents is 1. The van der Waals surface area contributed by atoms with Crippen LogP contribution in [0.25, 0.3) is 6.08 Å². The van der Waals surface area contributed by atoms with E-state index in [0.29, 0.717) is 53.2 Å². The van der Waals surface area contributed by atoms with Gasteiger partial charge in [-0.15, -0.1) is 0 Å². The fourth-order valence-electron chi connectivity index (χ4n) is 5.57. The average Bonchev–Trinajstić information content (AvgIpc) is 3.52. The number of likely N-dealkylation sites (tertiary alicyclic amines) is 1. The molecule has 6 rings (SSSR count). The predicted octanol–water partition coefficient (Wildman–Crippen LogP) is 4.19. The molecule has 44 heavy (non-hydrogen) atoms. The van der Waals surface area contributed by atoms with Crippen LogP contribution in [0, 0.1) is 10.1 Å². The number of rotatable bonds is 8. The van der Waals surface area contributed by atoms with E-state index in [4.69, 9.17) is 4.99 Å². The minimum absolute atomic E-state index is 0.123. The number of hydrogen-bond donors (Lipinski definition) is 3. The van der Waals surface area contributed by atoms with Crippen molar-refractivity contribution in [2.24, 2.45) is 4.99 Å². The van der Waals surface area contributed by atoms with Crippen LogP contribution in [0.4, 0.5) is 21.9 Å². The van der Waals surface area contributed by atoms with Crippen LogP contribution in [0.3, 0.4) is 0 Å². The molecule has 0 spiro atoms. The number of nitro benzene ring substituents is 1. The largest absolute Gasteiger partial charge is 0.342 e. The third-order valence-electron chi connectivity index (χ3n) is 7.87. The molecule has 222 valence electrons. The summed E-state index contributed by atoms with van der Waals surface area (Å²) in [7, 11) is 0. The molecular formula is C32H28N6O6. The first-order valence-corrected chi connectivity index (χ1v) is 14.2. The van der Waals surface area contributed by atoms with Gasteiger partial charge in [-0.25, -0.2) is 4.79 Å². The molecule has 1 unspecified atom stereocenters. The van der Waals surface area contributed by atoms with E-state index in [1.165, 1.54) is 24.3 Å². The van der Waals surface area contributed by atoms with Crippen LogP contribution >= 0.6 is 0 Å². The van der Waals surface area contributed by atoms with E-state index in [1.807, 2.05) is 29.2 Å². The fourth-order valence-corrected chi connectivity index (χ4v) is 5.57. The van der Waals surface area contributed by atoms with Gasteiger partial charge in [0.05, 0.1) is 16.3 Å². The Labute approximate surface area is 252 Å². The molecule has 12 heteroatoms. The Morgan fingerprint density at radius 1 is 0.955 bits per heavy atom. The van der Waals surface area contributed by atoms with Gasteiger partial charge in [0.1, 0.15) is 11.6 Å². The highest BCUT2D eigenvalue weighted by Gasteiger charge is 2.36. The minimum atomic E-state index is -0.902. The molecule has 3 aromatic rings. The van der Waals surface area contributed by atoms with E-state index in [9.17, 15) is 29.3 Å². The van der Waals surface area contributed by atoms with E-state index in [2.05, 4.69) is 16.0 Å². The van der Waals surface area contributed by atoms with E-state index < -0.39 is 22.8 Å². The lowest BCUT2D eigenvalue weighted by molar-refractivity contribution is -0.384. The number of amides is 5. The van der Waals surface area contributed by atoms with Crippen molar-refractivity contribution in [3.63, 3.8) is 0 Å². The Balaban J connectivity index is 1.33. The molecule has 0 bridgehead atoms. The van der Waals surface area contributed by atoms with Crippen molar-refractivity contribution in [3.8, 4) is 0 Å². The number of piperidine rings is 1. The highest BCUT2D eigenvalue weighted by atomic mass is 16.6. The van der Waals surface area contributed by atoms with Crippen LogP contribution in [0.1, 0.15) is 47.4 Å². The first-order chi connectivity index (χ1) is 21.2. The summed E-state index contributed by atoms with van der Waals surface area (Å²) >= 11 is 0. The molecule has 3 aliphatic heterocycles. The SMILES string of the molecule is O=C1NC(=O)C(=Cc2ccc(N=C(c3ccc(CCN4CCCCC4=O)cc3)C3C(=O)Nc4ccc([N+](=O)[O-])cc43)cc2)N1. The number of urea groups is 1. The maximum atomic E-state index is 13.3. The number of nitrogens with zero attached hydrogens (tertiary/aromatic N) is 3. The minimum Gasteiger partial charge on any atom is -0.342 e. The summed E-state index contributed by atoms with van der Waals surface area (Å²) in [6.07, 6.45) is 4.75. The van der Waals surface area contributed by atoms with Crippen LogP contribution in [0.5, 0.6) is 0 Å². The molecule has 12 nitrogen and oxygen atoms in total. The van der Waals surface area contributed by atoms with Crippen molar-refractivity contribution in [2.75, 3.05) is 18.4 Å². The summed E-state index contributed by atoms with van der Waals surface area (Å²) in [5, 5.41) is 19.0. The van der Waals surface area contributed by atoms with Crippen molar-refractivity contribution in [1.29, 1.82) is 0 Å². The normalized spacial score (nSPS) is 19.1. The molecule has 5 amide bonds. The average molecular weight is 593 g/mol. The van der Waals surface area contributed by atoms with Gasteiger partial charge in [0.2, 0.25) is 11.8 Å². The maximum Gasteiger partial charge on any atom is 0.326 e. The van der Waals surface area contributed by atoms with Gasteiger partial charge in [-0.1, -0.05) is 36.4 Å². The van der Waals surface area contributed by atoms with Crippen molar-refractivity contribution < 1.29 is 24.1 Å². The van der Waals surface area contributed by atoms with Gasteiger partial charge in [0.25, 0.3) is 11.6 Å². The van der Waals surface area contributed by atoms with Crippen LogP contribution in [-0.2, 0) is 20.8 Å². The number of carbonyl (C=O) groups excluding carboxylic acids is 4. The van der Waals surface area contributed by atoms with Gasteiger partial charge in [0.15, 0.2) is 0 Å². The Morgan fingerprint density at radius 2 is 1.73 bits per heavy atom. The molecule has 2 saturated heterocycles. The number of fused-ring (bicyclic) bond motifs is 1. The summed E-state index contributed by atoms with van der Waals surface area (Å²) in [5.74, 6) is -1.59. The number of anilines is 1. The lowest BCUT2D eigenvalue weighted by atomic mass is 9.90. The van der Waals surface area contributed by atoms with Gasteiger partial charge in [-0.2, -0.15) is 0 Å². The van der Waals surface area contributed by atoms with Crippen LogP contribution in [0.2, 0.25) is 0 Å². The van der Waals surface area contributed by atoms with Crippen molar-refractivity contribution in [1.82, 2.24) is 15.5 Å². The number of carbonyl (C=O) groups is 4. The number of hydrogen-bond acceptors (Lipinski definition) is 7. The molecule has 0 saturated carbocycles. The lowest BCUT2D eigenvalue weighted by Gasteiger charge is -2.26. The summed E-state index contributed by atoms with van der Waals surface area (Å²) < 4.78 is 0. The zero-order valence-corrected chi connectivity index (χ0v) is 23.5. The van der Waals surface area contributed by atoms with E-state index in [-0.39, 0.29) is 23.2 Å². The van der Waals surface area contributed by atoms with Crippen molar-refractivity contribution in [2.45, 2.75) is 31.6 Å². The molecule has 3 heterocycles. The first-order valence-electron chi connectivity index (χ1n) is 14.2. The van der Waals surface area contributed by atoms with Crippen LogP contribution in [0.15, 0.2) is 77.4 Å². The van der Waals surface area contributed by atoms with Crippen molar-refractivity contribution in [3.05, 3.63) is 105 Å². The second-order valence-corrected chi connectivity index (χ2v) is 10.8. The van der Waals surface area contributed by atoms with E-state index >= 15 is 0 Å². The summed E-state index contributed by atoms with van der Waals surface area (Å²) in [5.41, 5.74) is 4.20. The Bertz CT molecular complexity index is 1750. The van der Waals surface area contributed by atoms with Gasteiger partial charge < -0.3 is 15.5 Å². The molecule has 3 N–H and O–H groups in total. The van der Waals surface area contributed by atoms with Gasteiger partial charge >= 0.3 is 6.03 Å². The smallest absolute Gasteiger partial charge is 0.326 e. The Morgan fingerprint density at radius 3 is 2.41 bits per heavy atom. The monoisotopic (exact) mass is 592 g/mol. The number of nitrogens with one attached hydrogen (secondary N) is 3. The fraction of sp³-hybridized carbons (Fsp3) is 0.219. The zero-order valence-electron chi connectivity index (χ0n) is 23.5. The highest BCUT2D eigenvalue weighted by molar-refractivity contribution is 6.24. The van der Waals surface area contributed by atoms with Gasteiger partial charge in [-0.3, -0.25) is 34.8 Å². The van der Waals surface area contributed by atoms with E-state index in [0.717, 1.165) is 24.9 Å². The molecule has 0 aliphatic carbocycles. The zero-order chi connectivity index (χ0) is 30.8. The Kier molecular flexibility index (Phi) is 7.71. The number of imide groups is 1. The highest BCUT2D eigenvalue weighted by Crippen LogP contribution is 2.38. The molecule has 3 aromatic carbocycles. The third-order valence-corrected chi connectivity index (χ3v) is 7.87. The maximum absolute atomic E-state index is 13.3. The Hall–Kier alpha value is -5.65. The number of aliphatic imine (C=N–C) groups is 1. The number of benzene rings is 3. The van der Waals surface area contributed by atoms with Crippen molar-refractivity contribution >= 4 is 52.6 Å². The van der Waals surface area contributed by atoms with Crippen LogP contribution in [-0.4, -0.2) is 52.4 Å². The molecular weight excluding hydrogens is 564 g/mol. The first kappa shape index (κ1) is 28.5. The second-order valence-electron chi connectivity index (χ2n) is 10.8. The summed E-state index contributed by atoms with van der Waals surface area (Å²) in [6, 6.07) is 18.2. The summed E-state index contributed by atoms with van der Waals surface area (Å²) in [6.45, 7) is 1.41.